The fraction of sp³-hybridized carbons (Fsp3) is 0.538. The van der Waals surface area contributed by atoms with Crippen molar-refractivity contribution in [3.63, 3.8) is 0 Å². The largest absolute Gasteiger partial charge is 0.496 e. The van der Waals surface area contributed by atoms with Crippen molar-refractivity contribution in [3.8, 4) is 5.75 Å². The van der Waals surface area contributed by atoms with Crippen LogP contribution >= 0.6 is 0 Å². The smallest absolute Gasteiger partial charge is 0.275 e. The molecular weight excluding hydrogens is 234 g/mol. The van der Waals surface area contributed by atoms with Crippen molar-refractivity contribution in [3.05, 3.63) is 33.4 Å². The number of rotatable bonds is 5. The van der Waals surface area contributed by atoms with Gasteiger partial charge in [-0.1, -0.05) is 0 Å². The summed E-state index contributed by atoms with van der Waals surface area (Å²) in [5.41, 5.74) is 1.35. The maximum atomic E-state index is 11.1. The summed E-state index contributed by atoms with van der Waals surface area (Å²) in [6, 6.07) is 3.20. The number of hydrogen-bond acceptors (Lipinski definition) is 4. The molecule has 0 aliphatic heterocycles. The molecule has 0 radical (unpaired) electrons. The van der Waals surface area contributed by atoms with Crippen LogP contribution in [0.3, 0.4) is 0 Å². The summed E-state index contributed by atoms with van der Waals surface area (Å²) in [5, 5.41) is 11.1. The lowest BCUT2D eigenvalue weighted by molar-refractivity contribution is -0.386. The molecule has 5 nitrogen and oxygen atoms in total. The van der Waals surface area contributed by atoms with Gasteiger partial charge in [-0.3, -0.25) is 10.1 Å². The highest BCUT2D eigenvalue weighted by atomic mass is 16.6. The zero-order chi connectivity index (χ0) is 13.9. The van der Waals surface area contributed by atoms with Crippen LogP contribution in [0.25, 0.3) is 0 Å². The van der Waals surface area contributed by atoms with Crippen molar-refractivity contribution in [2.45, 2.75) is 39.9 Å². The molecule has 0 aromatic heterocycles. The number of nitro benzene ring substituents is 1. The average molecular weight is 253 g/mol. The molecule has 0 saturated heterocycles. The maximum absolute atomic E-state index is 11.1. The van der Waals surface area contributed by atoms with Gasteiger partial charge in [0.15, 0.2) is 0 Å². The quantitative estimate of drug-likeness (QED) is 0.596. The highest BCUT2D eigenvalue weighted by Gasteiger charge is 2.22. The molecule has 5 heteroatoms. The number of nitrogens with zero attached hydrogens (tertiary/aromatic N) is 1. The third-order valence-electron chi connectivity index (χ3n) is 2.66. The summed E-state index contributed by atoms with van der Waals surface area (Å²) in [5.74, 6) is 0.634. The van der Waals surface area contributed by atoms with Crippen molar-refractivity contribution in [1.82, 2.24) is 0 Å². The van der Waals surface area contributed by atoms with E-state index in [9.17, 15) is 10.1 Å². The molecule has 1 aromatic carbocycles. The molecule has 0 spiro atoms. The Morgan fingerprint density at radius 2 is 1.89 bits per heavy atom. The first-order chi connectivity index (χ1) is 8.36. The minimum atomic E-state index is -0.387. The Hall–Kier alpha value is -1.62. The maximum Gasteiger partial charge on any atom is 0.275 e. The molecule has 0 fully saturated rings. The number of nitro groups is 1. The van der Waals surface area contributed by atoms with Gasteiger partial charge in [0, 0.05) is 6.07 Å². The van der Waals surface area contributed by atoms with Gasteiger partial charge in [0.05, 0.1) is 29.8 Å². The van der Waals surface area contributed by atoms with Gasteiger partial charge in [-0.15, -0.1) is 0 Å². The number of aryl methyl sites for hydroxylation is 1. The lowest BCUT2D eigenvalue weighted by atomic mass is 10.0. The van der Waals surface area contributed by atoms with E-state index < -0.39 is 0 Å². The first-order valence-electron chi connectivity index (χ1n) is 5.85. The zero-order valence-corrected chi connectivity index (χ0v) is 11.4. The highest BCUT2D eigenvalue weighted by Crippen LogP contribution is 2.34. The van der Waals surface area contributed by atoms with E-state index in [1.165, 1.54) is 6.07 Å². The Kier molecular flexibility index (Phi) is 4.67. The van der Waals surface area contributed by atoms with E-state index in [4.69, 9.17) is 9.47 Å². The Balaban J connectivity index is 3.25. The first-order valence-corrected chi connectivity index (χ1v) is 5.85. The van der Waals surface area contributed by atoms with E-state index >= 15 is 0 Å². The van der Waals surface area contributed by atoms with Crippen molar-refractivity contribution >= 4 is 5.69 Å². The van der Waals surface area contributed by atoms with Crippen molar-refractivity contribution in [2.75, 3.05) is 7.11 Å². The van der Waals surface area contributed by atoms with Crippen LogP contribution in [0.15, 0.2) is 12.1 Å². The Bertz CT molecular complexity index is 443. The molecule has 1 rings (SSSR count). The third-order valence-corrected chi connectivity index (χ3v) is 2.66. The predicted molar refractivity (Wildman–Crippen MR) is 69.0 cm³/mol. The molecule has 1 atom stereocenters. The fourth-order valence-electron chi connectivity index (χ4n) is 1.87. The molecule has 0 bridgehead atoms. The minimum absolute atomic E-state index is 0.00639. The second-order valence-electron chi connectivity index (χ2n) is 4.46. The summed E-state index contributed by atoms with van der Waals surface area (Å²) in [6.07, 6.45) is -0.341. The molecule has 0 amide bonds. The molecule has 100 valence electrons. The Labute approximate surface area is 107 Å². The highest BCUT2D eigenvalue weighted by molar-refractivity contribution is 5.51. The number of ether oxygens (including phenoxy) is 2. The molecule has 18 heavy (non-hydrogen) atoms. The molecule has 1 aromatic rings. The van der Waals surface area contributed by atoms with E-state index in [1.807, 2.05) is 13.8 Å². The molecule has 0 heterocycles. The summed E-state index contributed by atoms with van der Waals surface area (Å²) in [6.45, 7) is 7.38. The van der Waals surface area contributed by atoms with E-state index in [-0.39, 0.29) is 22.8 Å². The number of benzene rings is 1. The van der Waals surface area contributed by atoms with Crippen molar-refractivity contribution in [2.24, 2.45) is 0 Å². The van der Waals surface area contributed by atoms with Gasteiger partial charge in [-0.05, 0) is 39.3 Å². The number of hydrogen-bond donors (Lipinski definition) is 0. The van der Waals surface area contributed by atoms with Crippen LogP contribution in [0, 0.1) is 17.0 Å². The summed E-state index contributed by atoms with van der Waals surface area (Å²) < 4.78 is 10.8. The molecule has 0 aliphatic rings. The van der Waals surface area contributed by atoms with Crippen LogP contribution in [-0.2, 0) is 4.74 Å². The molecule has 1 unspecified atom stereocenters. The molecule has 0 N–H and O–H groups in total. The lowest BCUT2D eigenvalue weighted by Crippen LogP contribution is -2.10. The minimum Gasteiger partial charge on any atom is -0.496 e. The fourth-order valence-corrected chi connectivity index (χ4v) is 1.87. The monoisotopic (exact) mass is 253 g/mol. The third kappa shape index (κ3) is 3.20. The van der Waals surface area contributed by atoms with Crippen LogP contribution in [-0.4, -0.2) is 18.1 Å². The van der Waals surface area contributed by atoms with Crippen LogP contribution in [0.4, 0.5) is 5.69 Å². The van der Waals surface area contributed by atoms with Crippen LogP contribution < -0.4 is 4.74 Å². The Morgan fingerprint density at radius 3 is 2.33 bits per heavy atom. The molecule has 0 aliphatic carbocycles. The number of methoxy groups -OCH3 is 1. The van der Waals surface area contributed by atoms with E-state index in [2.05, 4.69) is 0 Å². The van der Waals surface area contributed by atoms with Gasteiger partial charge in [0.2, 0.25) is 0 Å². The summed E-state index contributed by atoms with van der Waals surface area (Å²) >= 11 is 0. The van der Waals surface area contributed by atoms with Crippen LogP contribution in [0.5, 0.6) is 5.75 Å². The lowest BCUT2D eigenvalue weighted by Gasteiger charge is -2.18. The topological polar surface area (TPSA) is 61.6 Å². The van der Waals surface area contributed by atoms with Gasteiger partial charge < -0.3 is 9.47 Å². The zero-order valence-electron chi connectivity index (χ0n) is 11.4. The van der Waals surface area contributed by atoms with Crippen molar-refractivity contribution in [1.29, 1.82) is 0 Å². The average Bonchev–Trinajstić information content (AvgIpc) is 2.27. The van der Waals surface area contributed by atoms with E-state index in [0.717, 1.165) is 5.56 Å². The second-order valence-corrected chi connectivity index (χ2v) is 4.46. The van der Waals surface area contributed by atoms with Gasteiger partial charge in [0.25, 0.3) is 5.69 Å². The van der Waals surface area contributed by atoms with Gasteiger partial charge in [-0.25, -0.2) is 0 Å². The molecule has 0 saturated carbocycles. The van der Waals surface area contributed by atoms with Crippen LogP contribution in [0.1, 0.15) is 38.0 Å². The van der Waals surface area contributed by atoms with Gasteiger partial charge in [0.1, 0.15) is 5.75 Å². The first kappa shape index (κ1) is 14.4. The van der Waals surface area contributed by atoms with Crippen molar-refractivity contribution < 1.29 is 14.4 Å². The second kappa shape index (κ2) is 5.82. The summed E-state index contributed by atoms with van der Waals surface area (Å²) in [7, 11) is 1.55. The van der Waals surface area contributed by atoms with E-state index in [1.54, 1.807) is 27.0 Å². The Morgan fingerprint density at radius 1 is 1.28 bits per heavy atom. The van der Waals surface area contributed by atoms with Gasteiger partial charge in [-0.2, -0.15) is 0 Å². The summed E-state index contributed by atoms with van der Waals surface area (Å²) in [4.78, 5) is 10.7. The normalized spacial score (nSPS) is 12.6. The van der Waals surface area contributed by atoms with Crippen LogP contribution in [0.2, 0.25) is 0 Å². The molecular formula is C13H19NO4. The van der Waals surface area contributed by atoms with E-state index in [0.29, 0.717) is 11.3 Å². The SMILES string of the molecule is COc1cc(C(C)OC(C)C)c([N+](=O)[O-])cc1C. The van der Waals surface area contributed by atoms with Gasteiger partial charge >= 0.3 is 0 Å². The predicted octanol–water partition coefficient (Wildman–Crippen LogP) is 3.40. The standard InChI is InChI=1S/C13H19NO4/c1-8(2)18-10(4)11-7-13(17-5)9(3)6-12(11)14(15)16/h6-8,10H,1-5H3.